The number of rotatable bonds is 7. The van der Waals surface area contributed by atoms with Gasteiger partial charge in [0.25, 0.3) is 0 Å². The number of aliphatic hydroxyl groups excluding tert-OH is 1. The Kier molecular flexibility index (Phi) is 6.02. The molecule has 0 aromatic heterocycles. The first-order valence-corrected chi connectivity index (χ1v) is 8.30. The highest BCUT2D eigenvalue weighted by Gasteiger charge is 2.42. The highest BCUT2D eigenvalue weighted by molar-refractivity contribution is 5.83. The molecular weight excluding hydrogens is 268 g/mol. The number of nitrogens with one attached hydrogen (secondary N) is 1. The average molecular weight is 298 g/mol. The third-order valence-electron chi connectivity index (χ3n) is 5.22. The predicted octanol–water partition coefficient (Wildman–Crippen LogP) is 1.15. The van der Waals surface area contributed by atoms with Crippen molar-refractivity contribution >= 4 is 5.91 Å². The fraction of sp³-hybridized carbons (Fsp3) is 0.938. The molecule has 5 nitrogen and oxygen atoms in total. The van der Waals surface area contributed by atoms with Gasteiger partial charge in [-0.25, -0.2) is 0 Å². The SMILES string of the molecule is CCC1(C(=O)NC2CCN(CC(O)COC)CC2)CCC1. The molecule has 1 aliphatic carbocycles. The number of piperidine rings is 1. The van der Waals surface area contributed by atoms with Crippen LogP contribution in [-0.4, -0.2) is 61.4 Å². The summed E-state index contributed by atoms with van der Waals surface area (Å²) in [5.41, 5.74) is -0.0637. The van der Waals surface area contributed by atoms with Crippen LogP contribution in [0.3, 0.4) is 0 Å². The number of likely N-dealkylation sites (tertiary alicyclic amines) is 1. The topological polar surface area (TPSA) is 61.8 Å². The molecule has 1 amide bonds. The minimum Gasteiger partial charge on any atom is -0.389 e. The Morgan fingerprint density at radius 2 is 2.10 bits per heavy atom. The van der Waals surface area contributed by atoms with Crippen LogP contribution in [0.1, 0.15) is 45.4 Å². The summed E-state index contributed by atoms with van der Waals surface area (Å²) < 4.78 is 4.95. The largest absolute Gasteiger partial charge is 0.389 e. The molecule has 0 aromatic rings. The smallest absolute Gasteiger partial charge is 0.226 e. The number of ether oxygens (including phenoxy) is 1. The third-order valence-corrected chi connectivity index (χ3v) is 5.22. The van der Waals surface area contributed by atoms with Gasteiger partial charge in [-0.2, -0.15) is 0 Å². The van der Waals surface area contributed by atoms with Gasteiger partial charge in [0.05, 0.1) is 12.7 Å². The number of β-amino-alcohol motifs (C(OH)–C–C–N with tert-alkyl or cyclic N) is 1. The van der Waals surface area contributed by atoms with E-state index in [4.69, 9.17) is 4.74 Å². The molecule has 2 aliphatic rings. The van der Waals surface area contributed by atoms with Crippen LogP contribution in [-0.2, 0) is 9.53 Å². The van der Waals surface area contributed by atoms with Crippen molar-refractivity contribution in [3.05, 3.63) is 0 Å². The minimum absolute atomic E-state index is 0.0637. The van der Waals surface area contributed by atoms with E-state index in [9.17, 15) is 9.90 Å². The summed E-state index contributed by atoms with van der Waals surface area (Å²) in [4.78, 5) is 14.7. The molecule has 1 unspecified atom stereocenters. The lowest BCUT2D eigenvalue weighted by Crippen LogP contribution is -2.52. The first-order chi connectivity index (χ1) is 10.1. The number of hydrogen-bond acceptors (Lipinski definition) is 4. The first-order valence-electron chi connectivity index (χ1n) is 8.30. The molecule has 1 atom stereocenters. The number of aliphatic hydroxyl groups is 1. The minimum atomic E-state index is -0.417. The Labute approximate surface area is 128 Å². The van der Waals surface area contributed by atoms with Crippen molar-refractivity contribution in [1.82, 2.24) is 10.2 Å². The number of carbonyl (C=O) groups is 1. The molecular formula is C16H30N2O3. The van der Waals surface area contributed by atoms with E-state index >= 15 is 0 Å². The van der Waals surface area contributed by atoms with E-state index < -0.39 is 6.10 Å². The Bertz CT molecular complexity index is 331. The van der Waals surface area contributed by atoms with Gasteiger partial charge in [0.1, 0.15) is 0 Å². The Hall–Kier alpha value is -0.650. The summed E-state index contributed by atoms with van der Waals surface area (Å²) in [5.74, 6) is 0.272. The fourth-order valence-corrected chi connectivity index (χ4v) is 3.49. The Morgan fingerprint density at radius 3 is 2.57 bits per heavy atom. The van der Waals surface area contributed by atoms with Crippen LogP contribution in [0.25, 0.3) is 0 Å². The molecule has 2 N–H and O–H groups in total. The van der Waals surface area contributed by atoms with Crippen molar-refractivity contribution in [2.45, 2.75) is 57.6 Å². The fourth-order valence-electron chi connectivity index (χ4n) is 3.49. The van der Waals surface area contributed by atoms with E-state index in [0.717, 1.165) is 45.2 Å². The summed E-state index contributed by atoms with van der Waals surface area (Å²) in [6.07, 6.45) is 5.79. The van der Waals surface area contributed by atoms with Crippen LogP contribution in [0.4, 0.5) is 0 Å². The zero-order valence-electron chi connectivity index (χ0n) is 13.4. The normalized spacial score (nSPS) is 24.3. The van der Waals surface area contributed by atoms with Gasteiger partial charge in [-0.15, -0.1) is 0 Å². The van der Waals surface area contributed by atoms with Crippen LogP contribution >= 0.6 is 0 Å². The standard InChI is InChI=1S/C16H30N2O3/c1-3-16(7-4-8-16)15(20)17-13-5-9-18(10-6-13)11-14(19)12-21-2/h13-14,19H,3-12H2,1-2H3,(H,17,20). The van der Waals surface area contributed by atoms with Crippen LogP contribution < -0.4 is 5.32 Å². The summed E-state index contributed by atoms with van der Waals surface area (Å²) in [5, 5.41) is 13.0. The van der Waals surface area contributed by atoms with Crippen molar-refractivity contribution in [3.8, 4) is 0 Å². The van der Waals surface area contributed by atoms with Gasteiger partial charge < -0.3 is 20.1 Å². The molecule has 1 aliphatic heterocycles. The lowest BCUT2D eigenvalue weighted by atomic mass is 9.66. The molecule has 2 rings (SSSR count). The van der Waals surface area contributed by atoms with Gasteiger partial charge in [-0.3, -0.25) is 4.79 Å². The second-order valence-electron chi connectivity index (χ2n) is 6.64. The number of nitrogens with zero attached hydrogens (tertiary/aromatic N) is 1. The number of carbonyl (C=O) groups excluding carboxylic acids is 1. The van der Waals surface area contributed by atoms with E-state index in [1.165, 1.54) is 6.42 Å². The second-order valence-corrected chi connectivity index (χ2v) is 6.64. The lowest BCUT2D eigenvalue weighted by molar-refractivity contribution is -0.137. The van der Waals surface area contributed by atoms with Crippen LogP contribution in [0.5, 0.6) is 0 Å². The van der Waals surface area contributed by atoms with Gasteiger partial charge in [0.15, 0.2) is 0 Å². The summed E-state index contributed by atoms with van der Waals surface area (Å²) in [6.45, 7) is 5.04. The molecule has 5 heteroatoms. The van der Waals surface area contributed by atoms with Gasteiger partial charge in [0, 0.05) is 38.2 Å². The highest BCUT2D eigenvalue weighted by Crippen LogP contribution is 2.44. The first kappa shape index (κ1) is 16.7. The summed E-state index contributed by atoms with van der Waals surface area (Å²) in [6, 6.07) is 0.303. The maximum Gasteiger partial charge on any atom is 0.226 e. The molecule has 122 valence electrons. The molecule has 21 heavy (non-hydrogen) atoms. The third kappa shape index (κ3) is 4.18. The van der Waals surface area contributed by atoms with Crippen molar-refractivity contribution in [3.63, 3.8) is 0 Å². The molecule has 2 fully saturated rings. The molecule has 0 bridgehead atoms. The zero-order chi connectivity index (χ0) is 15.3. The van der Waals surface area contributed by atoms with Crippen LogP contribution in [0.2, 0.25) is 0 Å². The monoisotopic (exact) mass is 298 g/mol. The van der Waals surface area contributed by atoms with Gasteiger partial charge >= 0.3 is 0 Å². The van der Waals surface area contributed by atoms with E-state index in [0.29, 0.717) is 19.2 Å². The zero-order valence-corrected chi connectivity index (χ0v) is 13.4. The Morgan fingerprint density at radius 1 is 1.43 bits per heavy atom. The molecule has 0 radical (unpaired) electrons. The molecule has 1 saturated heterocycles. The van der Waals surface area contributed by atoms with Crippen LogP contribution in [0.15, 0.2) is 0 Å². The molecule has 0 aromatic carbocycles. The van der Waals surface area contributed by atoms with E-state index in [1.807, 2.05) is 0 Å². The second kappa shape index (κ2) is 7.56. The average Bonchev–Trinajstić information content (AvgIpc) is 2.40. The highest BCUT2D eigenvalue weighted by atomic mass is 16.5. The van der Waals surface area contributed by atoms with Gasteiger partial charge in [-0.1, -0.05) is 13.3 Å². The van der Waals surface area contributed by atoms with Crippen molar-refractivity contribution < 1.29 is 14.6 Å². The van der Waals surface area contributed by atoms with Crippen molar-refractivity contribution in [2.24, 2.45) is 5.41 Å². The summed E-state index contributed by atoms with van der Waals surface area (Å²) >= 11 is 0. The van der Waals surface area contributed by atoms with Crippen molar-refractivity contribution in [1.29, 1.82) is 0 Å². The van der Waals surface area contributed by atoms with Gasteiger partial charge in [0.2, 0.25) is 5.91 Å². The van der Waals surface area contributed by atoms with E-state index in [2.05, 4.69) is 17.1 Å². The van der Waals surface area contributed by atoms with E-state index in [-0.39, 0.29) is 11.3 Å². The molecule has 0 spiro atoms. The number of amides is 1. The quantitative estimate of drug-likeness (QED) is 0.740. The van der Waals surface area contributed by atoms with Crippen molar-refractivity contribution in [2.75, 3.05) is 33.4 Å². The molecule has 1 heterocycles. The Balaban J connectivity index is 1.70. The maximum atomic E-state index is 12.4. The van der Waals surface area contributed by atoms with Gasteiger partial charge in [-0.05, 0) is 32.1 Å². The predicted molar refractivity (Wildman–Crippen MR) is 82.1 cm³/mol. The van der Waals surface area contributed by atoms with E-state index in [1.54, 1.807) is 7.11 Å². The van der Waals surface area contributed by atoms with Crippen LogP contribution in [0, 0.1) is 5.41 Å². The number of methoxy groups -OCH3 is 1. The number of hydrogen-bond donors (Lipinski definition) is 2. The molecule has 1 saturated carbocycles. The maximum absolute atomic E-state index is 12.4. The summed E-state index contributed by atoms with van der Waals surface area (Å²) in [7, 11) is 1.61. The lowest BCUT2D eigenvalue weighted by Gasteiger charge is -2.41.